The Labute approximate surface area is 214 Å². The molecule has 9 nitrogen and oxygen atoms in total. The average Bonchev–Trinajstić information content (AvgIpc) is 3.22. The molecule has 0 atom stereocenters. The maximum absolute atomic E-state index is 13.3. The molecule has 6 heterocycles. The third-order valence-corrected chi connectivity index (χ3v) is 8.40. The summed E-state index contributed by atoms with van der Waals surface area (Å²) < 4.78 is 3.27. The Balaban J connectivity index is 1.30. The number of anilines is 1. The summed E-state index contributed by atoms with van der Waals surface area (Å²) in [7, 11) is 0. The highest BCUT2D eigenvalue weighted by molar-refractivity contribution is 7.17. The van der Waals surface area contributed by atoms with Crippen molar-refractivity contribution in [3.8, 4) is 0 Å². The molecule has 0 saturated heterocycles. The summed E-state index contributed by atoms with van der Waals surface area (Å²) in [6.45, 7) is 2.20. The van der Waals surface area contributed by atoms with Crippen molar-refractivity contribution in [3.05, 3.63) is 70.9 Å². The average molecular weight is 508 g/mol. The lowest BCUT2D eigenvalue weighted by molar-refractivity contribution is -0.122. The number of hydrogen-bond donors (Lipinski definition) is 2. The minimum atomic E-state index is -0.438. The van der Waals surface area contributed by atoms with Crippen LogP contribution in [0.2, 0.25) is 0 Å². The van der Waals surface area contributed by atoms with Gasteiger partial charge in [0.25, 0.3) is 11.8 Å². The van der Waals surface area contributed by atoms with Gasteiger partial charge in [0.2, 0.25) is 5.95 Å². The topological polar surface area (TPSA) is 109 Å². The number of carbonyl (C=O) groups excluding carboxylic acids is 2. The van der Waals surface area contributed by atoms with Gasteiger partial charge < -0.3 is 14.5 Å². The highest BCUT2D eigenvalue weighted by Crippen LogP contribution is 2.41. The highest BCUT2D eigenvalue weighted by Gasteiger charge is 2.36. The predicted octanol–water partition coefficient (Wildman–Crippen LogP) is 3.83. The van der Waals surface area contributed by atoms with E-state index in [-0.39, 0.29) is 5.57 Å². The number of amides is 2. The molecule has 0 unspecified atom stereocenters. The van der Waals surface area contributed by atoms with E-state index < -0.39 is 11.8 Å². The van der Waals surface area contributed by atoms with Crippen LogP contribution in [0.5, 0.6) is 0 Å². The number of para-hydroxylation sites is 1. The first kappa shape index (κ1) is 20.8. The van der Waals surface area contributed by atoms with Crippen LogP contribution in [0.1, 0.15) is 41.5 Å². The van der Waals surface area contributed by atoms with Gasteiger partial charge in [-0.1, -0.05) is 18.2 Å². The third kappa shape index (κ3) is 3.12. The number of nitrogens with one attached hydrogen (secondary N) is 2. The van der Waals surface area contributed by atoms with E-state index in [9.17, 15) is 9.59 Å². The summed E-state index contributed by atoms with van der Waals surface area (Å²) in [6, 6.07) is 9.61. The number of nitrogens with zero attached hydrogens (tertiary/aromatic N) is 5. The monoisotopic (exact) mass is 507 g/mol. The zero-order chi connectivity index (χ0) is 24.7. The molecule has 5 aromatic rings. The summed E-state index contributed by atoms with van der Waals surface area (Å²) in [5, 5.41) is 5.21. The minimum Gasteiger partial charge on any atom is -0.360 e. The third-order valence-electron chi connectivity index (χ3n) is 7.45. The van der Waals surface area contributed by atoms with Crippen molar-refractivity contribution in [1.29, 1.82) is 0 Å². The number of H-pyrrole nitrogens is 1. The Kier molecular flexibility index (Phi) is 4.28. The Morgan fingerprint density at radius 1 is 1.00 bits per heavy atom. The molecule has 0 spiro atoms. The van der Waals surface area contributed by atoms with Gasteiger partial charge in [-0.15, -0.1) is 11.3 Å². The normalized spacial score (nSPS) is 17.8. The van der Waals surface area contributed by atoms with E-state index in [1.54, 1.807) is 6.20 Å². The molecule has 0 radical (unpaired) electrons. The Morgan fingerprint density at radius 3 is 2.76 bits per heavy atom. The van der Waals surface area contributed by atoms with Crippen molar-refractivity contribution in [2.75, 3.05) is 11.4 Å². The van der Waals surface area contributed by atoms with Gasteiger partial charge in [0.1, 0.15) is 5.82 Å². The van der Waals surface area contributed by atoms with E-state index in [0.29, 0.717) is 35.2 Å². The predicted molar refractivity (Wildman–Crippen MR) is 141 cm³/mol. The van der Waals surface area contributed by atoms with Crippen LogP contribution < -0.4 is 10.2 Å². The fraction of sp³-hybridized carbons (Fsp3) is 0.222. The lowest BCUT2D eigenvalue weighted by Gasteiger charge is -2.29. The number of aromatic amines is 1. The van der Waals surface area contributed by atoms with Crippen molar-refractivity contribution in [2.24, 2.45) is 0 Å². The first-order valence-corrected chi connectivity index (χ1v) is 13.2. The molecular weight excluding hydrogens is 486 g/mol. The molecule has 1 aliphatic carbocycles. The Morgan fingerprint density at radius 2 is 1.86 bits per heavy atom. The molecule has 2 N–H and O–H groups in total. The van der Waals surface area contributed by atoms with Gasteiger partial charge in [-0.3, -0.25) is 14.9 Å². The molecular formula is C27H21N7O2S. The maximum Gasteiger partial charge on any atom is 0.261 e. The number of carbonyl (C=O) groups is 2. The molecule has 3 aliphatic rings. The molecule has 0 bridgehead atoms. The van der Waals surface area contributed by atoms with Gasteiger partial charge in [0, 0.05) is 36.2 Å². The van der Waals surface area contributed by atoms with E-state index >= 15 is 0 Å². The highest BCUT2D eigenvalue weighted by atomic mass is 32.1. The van der Waals surface area contributed by atoms with Gasteiger partial charge in [-0.05, 0) is 30.4 Å². The fourth-order valence-electron chi connectivity index (χ4n) is 5.51. The summed E-state index contributed by atoms with van der Waals surface area (Å²) in [6.07, 6.45) is 6.19. The van der Waals surface area contributed by atoms with Crippen LogP contribution in [-0.2, 0) is 22.7 Å². The van der Waals surface area contributed by atoms with Gasteiger partial charge in [0.05, 0.1) is 51.0 Å². The summed E-state index contributed by atoms with van der Waals surface area (Å²) >= 11 is 1.53. The number of thiophene rings is 1. The smallest absolute Gasteiger partial charge is 0.261 e. The molecule has 1 aromatic carbocycles. The van der Waals surface area contributed by atoms with E-state index in [1.165, 1.54) is 30.0 Å². The Hall–Kier alpha value is -4.31. The zero-order valence-corrected chi connectivity index (χ0v) is 20.5. The van der Waals surface area contributed by atoms with E-state index in [4.69, 9.17) is 15.0 Å². The van der Waals surface area contributed by atoms with Gasteiger partial charge >= 0.3 is 0 Å². The van der Waals surface area contributed by atoms with Crippen molar-refractivity contribution < 1.29 is 9.59 Å². The molecule has 2 amide bonds. The number of aromatic nitrogens is 5. The molecule has 1 fully saturated rings. The van der Waals surface area contributed by atoms with Crippen LogP contribution in [0, 0.1) is 0 Å². The van der Waals surface area contributed by atoms with Crippen LogP contribution in [0.4, 0.5) is 5.95 Å². The Bertz CT molecular complexity index is 1810. The second-order valence-corrected chi connectivity index (χ2v) is 10.7. The second-order valence-electron chi connectivity index (χ2n) is 9.74. The number of hydrogen-bond acceptors (Lipinski definition) is 7. The standard InChI is InChI=1S/C27H21N7O2S/c35-25-20(17-12-28-19-7-10-37-23(17)19)21(26(36)32-25)22-16-3-1-2-4-18(16)30-27(31-22)33-8-9-34-15(13-33)11-29-24(34)14-5-6-14/h1-4,7,10-12,14,28H,5-6,8-9,13H2,(H,32,35,36). The number of imide groups is 1. The van der Waals surface area contributed by atoms with E-state index in [1.807, 2.05) is 41.9 Å². The van der Waals surface area contributed by atoms with Crippen molar-refractivity contribution in [1.82, 2.24) is 29.8 Å². The number of fused-ring (bicyclic) bond motifs is 3. The molecule has 37 heavy (non-hydrogen) atoms. The van der Waals surface area contributed by atoms with Gasteiger partial charge in [-0.2, -0.15) is 0 Å². The van der Waals surface area contributed by atoms with Crippen LogP contribution >= 0.6 is 11.3 Å². The van der Waals surface area contributed by atoms with Crippen LogP contribution in [-0.4, -0.2) is 42.9 Å². The fourth-order valence-corrected chi connectivity index (χ4v) is 6.39. The van der Waals surface area contributed by atoms with E-state index in [2.05, 4.69) is 19.8 Å². The summed E-state index contributed by atoms with van der Waals surface area (Å²) in [5.41, 5.74) is 4.63. The molecule has 10 heteroatoms. The number of benzene rings is 1. The van der Waals surface area contributed by atoms with Crippen molar-refractivity contribution in [3.63, 3.8) is 0 Å². The number of rotatable bonds is 4. The molecule has 182 valence electrons. The van der Waals surface area contributed by atoms with Crippen LogP contribution in [0.25, 0.3) is 32.3 Å². The molecule has 1 saturated carbocycles. The molecule has 4 aromatic heterocycles. The molecule has 8 rings (SSSR count). The van der Waals surface area contributed by atoms with Crippen LogP contribution in [0.15, 0.2) is 48.1 Å². The summed E-state index contributed by atoms with van der Waals surface area (Å²) in [4.78, 5) is 46.2. The summed E-state index contributed by atoms with van der Waals surface area (Å²) in [5.74, 6) is 1.48. The minimum absolute atomic E-state index is 0.289. The van der Waals surface area contributed by atoms with Crippen molar-refractivity contribution in [2.45, 2.75) is 31.8 Å². The SMILES string of the molecule is O=C1NC(=O)C(c2c[nH]c3ccsc23)=C1c1nc(N2CCn3c(cnc3C3CC3)C2)nc2ccccc12. The second kappa shape index (κ2) is 7.59. The first-order chi connectivity index (χ1) is 18.2. The van der Waals surface area contributed by atoms with Crippen molar-refractivity contribution >= 4 is 61.4 Å². The maximum atomic E-state index is 13.3. The van der Waals surface area contributed by atoms with Gasteiger partial charge in [-0.25, -0.2) is 15.0 Å². The quantitative estimate of drug-likeness (QED) is 0.358. The first-order valence-electron chi connectivity index (χ1n) is 12.4. The lowest BCUT2D eigenvalue weighted by atomic mass is 9.99. The number of imidazole rings is 1. The lowest BCUT2D eigenvalue weighted by Crippen LogP contribution is -2.35. The zero-order valence-electron chi connectivity index (χ0n) is 19.7. The van der Waals surface area contributed by atoms with Gasteiger partial charge in [0.15, 0.2) is 0 Å². The van der Waals surface area contributed by atoms with Crippen LogP contribution in [0.3, 0.4) is 0 Å². The van der Waals surface area contributed by atoms with E-state index in [0.717, 1.165) is 39.9 Å². The molecule has 2 aliphatic heterocycles. The largest absolute Gasteiger partial charge is 0.360 e.